The van der Waals surface area contributed by atoms with E-state index in [4.69, 9.17) is 4.74 Å². The molecule has 1 fully saturated rings. The third kappa shape index (κ3) is 3.74. The number of benzene rings is 1. The van der Waals surface area contributed by atoms with Gasteiger partial charge in [0.15, 0.2) is 5.65 Å². The van der Waals surface area contributed by atoms with Crippen molar-refractivity contribution in [2.45, 2.75) is 26.7 Å². The summed E-state index contributed by atoms with van der Waals surface area (Å²) in [5.74, 6) is 1.06. The summed E-state index contributed by atoms with van der Waals surface area (Å²) in [5, 5.41) is 12.5. The standard InChI is InChI=1S/C21H26N6O2/c1-15-17(16(2)24-27-14-22-23-21(15)27)8-9-20(28)26-12-10-25(11-13-26)18-6-4-5-7-19(18)29-3/h4-7,14H,8-13H2,1-3H3. The fourth-order valence-corrected chi connectivity index (χ4v) is 4.02. The Balaban J connectivity index is 1.37. The highest BCUT2D eigenvalue weighted by Crippen LogP contribution is 2.28. The second-order valence-electron chi connectivity index (χ2n) is 7.33. The summed E-state index contributed by atoms with van der Waals surface area (Å²) in [6.07, 6.45) is 2.74. The Bertz CT molecular complexity index is 1020. The van der Waals surface area contributed by atoms with Gasteiger partial charge < -0.3 is 14.5 Å². The summed E-state index contributed by atoms with van der Waals surface area (Å²) in [6, 6.07) is 8.02. The Labute approximate surface area is 170 Å². The zero-order chi connectivity index (χ0) is 20.4. The highest BCUT2D eigenvalue weighted by atomic mass is 16.5. The van der Waals surface area contributed by atoms with Crippen molar-refractivity contribution in [1.82, 2.24) is 24.7 Å². The minimum atomic E-state index is 0.185. The summed E-state index contributed by atoms with van der Waals surface area (Å²) < 4.78 is 7.16. The molecule has 0 N–H and O–H groups in total. The van der Waals surface area contributed by atoms with Gasteiger partial charge in [-0.3, -0.25) is 4.79 Å². The smallest absolute Gasteiger partial charge is 0.223 e. The molecule has 8 nitrogen and oxygen atoms in total. The molecule has 0 aliphatic carbocycles. The van der Waals surface area contributed by atoms with E-state index in [0.29, 0.717) is 12.8 Å². The van der Waals surface area contributed by atoms with Crippen LogP contribution in [0.3, 0.4) is 0 Å². The molecule has 8 heteroatoms. The first-order valence-electron chi connectivity index (χ1n) is 9.90. The molecule has 0 saturated carbocycles. The van der Waals surface area contributed by atoms with Gasteiger partial charge in [0, 0.05) is 38.2 Å². The van der Waals surface area contributed by atoms with Gasteiger partial charge in [0.05, 0.1) is 18.5 Å². The van der Waals surface area contributed by atoms with Crippen molar-refractivity contribution in [2.75, 3.05) is 38.2 Å². The molecule has 29 heavy (non-hydrogen) atoms. The maximum atomic E-state index is 12.8. The lowest BCUT2D eigenvalue weighted by Gasteiger charge is -2.36. The third-order valence-electron chi connectivity index (χ3n) is 5.66. The zero-order valence-electron chi connectivity index (χ0n) is 17.1. The van der Waals surface area contributed by atoms with Crippen molar-refractivity contribution in [1.29, 1.82) is 0 Å². The Morgan fingerprint density at radius 2 is 1.90 bits per heavy atom. The number of hydrogen-bond acceptors (Lipinski definition) is 6. The average molecular weight is 394 g/mol. The SMILES string of the molecule is COc1ccccc1N1CCN(C(=O)CCc2c(C)nn3cnnc3c2C)CC1. The number of fused-ring (bicyclic) bond motifs is 1. The van der Waals surface area contributed by atoms with Crippen LogP contribution in [0.15, 0.2) is 30.6 Å². The predicted octanol–water partition coefficient (Wildman–Crippen LogP) is 2.03. The molecule has 0 spiro atoms. The summed E-state index contributed by atoms with van der Waals surface area (Å²) in [6.45, 7) is 7.03. The number of piperazine rings is 1. The number of ether oxygens (including phenoxy) is 1. The molecule has 0 bridgehead atoms. The summed E-state index contributed by atoms with van der Waals surface area (Å²) >= 11 is 0. The molecule has 4 rings (SSSR count). The Hall–Kier alpha value is -3.16. The maximum absolute atomic E-state index is 12.8. The number of para-hydroxylation sites is 2. The lowest BCUT2D eigenvalue weighted by atomic mass is 10.0. The topological polar surface area (TPSA) is 75.9 Å². The number of aryl methyl sites for hydroxylation is 2. The molecule has 1 saturated heterocycles. The van der Waals surface area contributed by atoms with Gasteiger partial charge in [0.2, 0.25) is 5.91 Å². The molecule has 0 unspecified atom stereocenters. The van der Waals surface area contributed by atoms with Crippen LogP contribution in [0.4, 0.5) is 5.69 Å². The summed E-state index contributed by atoms with van der Waals surface area (Å²) in [5.41, 5.74) is 4.89. The molecule has 3 heterocycles. The molecular formula is C21H26N6O2. The number of hydrogen-bond donors (Lipinski definition) is 0. The van der Waals surface area contributed by atoms with Crippen molar-refractivity contribution in [3.8, 4) is 5.75 Å². The third-order valence-corrected chi connectivity index (χ3v) is 5.66. The fraction of sp³-hybridized carbons (Fsp3) is 0.429. The largest absolute Gasteiger partial charge is 0.495 e. The van der Waals surface area contributed by atoms with Crippen molar-refractivity contribution in [3.05, 3.63) is 47.4 Å². The Morgan fingerprint density at radius 1 is 1.14 bits per heavy atom. The predicted molar refractivity (Wildman–Crippen MR) is 110 cm³/mol. The first kappa shape index (κ1) is 19.2. The monoisotopic (exact) mass is 394 g/mol. The number of aromatic nitrogens is 4. The first-order chi connectivity index (χ1) is 14.1. The Kier molecular flexibility index (Phi) is 5.33. The number of nitrogens with zero attached hydrogens (tertiary/aromatic N) is 6. The summed E-state index contributed by atoms with van der Waals surface area (Å²) in [7, 11) is 1.69. The number of anilines is 1. The van der Waals surface area contributed by atoms with Crippen LogP contribution in [0, 0.1) is 13.8 Å². The van der Waals surface area contributed by atoms with Gasteiger partial charge in [-0.25, -0.2) is 4.52 Å². The van der Waals surface area contributed by atoms with Crippen molar-refractivity contribution >= 4 is 17.2 Å². The van der Waals surface area contributed by atoms with Crippen LogP contribution in [0.1, 0.15) is 23.2 Å². The summed E-state index contributed by atoms with van der Waals surface area (Å²) in [4.78, 5) is 17.0. The van der Waals surface area contributed by atoms with Crippen LogP contribution in [0.5, 0.6) is 5.75 Å². The van der Waals surface area contributed by atoms with E-state index in [9.17, 15) is 4.79 Å². The van der Waals surface area contributed by atoms with Crippen LogP contribution >= 0.6 is 0 Å². The van der Waals surface area contributed by atoms with Gasteiger partial charge >= 0.3 is 0 Å². The van der Waals surface area contributed by atoms with Gasteiger partial charge in [-0.1, -0.05) is 12.1 Å². The van der Waals surface area contributed by atoms with E-state index in [-0.39, 0.29) is 5.91 Å². The van der Waals surface area contributed by atoms with Crippen LogP contribution in [-0.4, -0.2) is 63.9 Å². The van der Waals surface area contributed by atoms with E-state index >= 15 is 0 Å². The highest BCUT2D eigenvalue weighted by molar-refractivity contribution is 5.77. The number of carbonyl (C=O) groups is 1. The quantitative estimate of drug-likeness (QED) is 0.659. The first-order valence-corrected chi connectivity index (χ1v) is 9.90. The van der Waals surface area contributed by atoms with E-state index in [0.717, 1.165) is 60.1 Å². The lowest BCUT2D eigenvalue weighted by molar-refractivity contribution is -0.131. The van der Waals surface area contributed by atoms with E-state index in [1.54, 1.807) is 18.0 Å². The molecule has 0 atom stereocenters. The number of carbonyl (C=O) groups excluding carboxylic acids is 1. The average Bonchev–Trinajstić information content (AvgIpc) is 3.22. The van der Waals surface area contributed by atoms with Crippen LogP contribution in [0.2, 0.25) is 0 Å². The molecule has 152 valence electrons. The molecule has 0 radical (unpaired) electrons. The van der Waals surface area contributed by atoms with Crippen molar-refractivity contribution in [2.24, 2.45) is 0 Å². The van der Waals surface area contributed by atoms with E-state index in [1.807, 2.05) is 36.9 Å². The number of methoxy groups -OCH3 is 1. The van der Waals surface area contributed by atoms with Crippen molar-refractivity contribution < 1.29 is 9.53 Å². The number of amides is 1. The lowest BCUT2D eigenvalue weighted by Crippen LogP contribution is -2.49. The molecular weight excluding hydrogens is 368 g/mol. The maximum Gasteiger partial charge on any atom is 0.223 e. The van der Waals surface area contributed by atoms with Gasteiger partial charge in [-0.15, -0.1) is 10.2 Å². The molecule has 1 aromatic carbocycles. The molecule has 2 aromatic heterocycles. The fourth-order valence-electron chi connectivity index (χ4n) is 4.02. The van der Waals surface area contributed by atoms with E-state index in [1.165, 1.54) is 0 Å². The normalized spacial score (nSPS) is 14.4. The molecule has 1 aliphatic rings. The zero-order valence-corrected chi connectivity index (χ0v) is 17.1. The molecule has 1 aliphatic heterocycles. The van der Waals surface area contributed by atoms with Gasteiger partial charge in [0.1, 0.15) is 12.1 Å². The van der Waals surface area contributed by atoms with Gasteiger partial charge in [-0.05, 0) is 38.0 Å². The minimum absolute atomic E-state index is 0.185. The molecule has 3 aromatic rings. The van der Waals surface area contributed by atoms with E-state index in [2.05, 4.69) is 26.3 Å². The van der Waals surface area contributed by atoms with E-state index < -0.39 is 0 Å². The van der Waals surface area contributed by atoms with Gasteiger partial charge in [-0.2, -0.15) is 5.10 Å². The van der Waals surface area contributed by atoms with Crippen LogP contribution < -0.4 is 9.64 Å². The molecule has 1 amide bonds. The highest BCUT2D eigenvalue weighted by Gasteiger charge is 2.23. The van der Waals surface area contributed by atoms with Crippen LogP contribution in [0.25, 0.3) is 5.65 Å². The van der Waals surface area contributed by atoms with Gasteiger partial charge in [0.25, 0.3) is 0 Å². The second kappa shape index (κ2) is 8.06. The van der Waals surface area contributed by atoms with Crippen LogP contribution in [-0.2, 0) is 11.2 Å². The Morgan fingerprint density at radius 3 is 2.66 bits per heavy atom. The minimum Gasteiger partial charge on any atom is -0.495 e. The van der Waals surface area contributed by atoms with Crippen molar-refractivity contribution in [3.63, 3.8) is 0 Å². The second-order valence-corrected chi connectivity index (χ2v) is 7.33. The number of rotatable bonds is 5.